The molecular formula is C22H20N4O2S. The third kappa shape index (κ3) is 3.69. The predicted molar refractivity (Wildman–Crippen MR) is 116 cm³/mol. The number of rotatable bonds is 4. The quantitative estimate of drug-likeness (QED) is 0.556. The van der Waals surface area contributed by atoms with Crippen molar-refractivity contribution in [3.05, 3.63) is 75.8 Å². The van der Waals surface area contributed by atoms with E-state index in [1.807, 2.05) is 63.2 Å². The Bertz CT molecular complexity index is 1270. The van der Waals surface area contributed by atoms with Gasteiger partial charge in [-0.3, -0.25) is 14.2 Å². The summed E-state index contributed by atoms with van der Waals surface area (Å²) in [7, 11) is 0. The number of hydrogen-bond donors (Lipinski definition) is 1. The van der Waals surface area contributed by atoms with Gasteiger partial charge in [0.15, 0.2) is 0 Å². The molecule has 7 heteroatoms. The number of aryl methyl sites for hydroxylation is 2. The van der Waals surface area contributed by atoms with Gasteiger partial charge in [0.1, 0.15) is 22.5 Å². The topological polar surface area (TPSA) is 76.9 Å². The molecule has 6 nitrogen and oxygen atoms in total. The molecule has 0 spiro atoms. The van der Waals surface area contributed by atoms with Crippen LogP contribution in [0.2, 0.25) is 0 Å². The number of carbonyl (C=O) groups is 1. The molecule has 29 heavy (non-hydrogen) atoms. The van der Waals surface area contributed by atoms with E-state index in [0.717, 1.165) is 39.5 Å². The Kier molecular flexibility index (Phi) is 4.98. The third-order valence-corrected chi connectivity index (χ3v) is 5.79. The summed E-state index contributed by atoms with van der Waals surface area (Å²) in [6.45, 7) is 5.85. The molecule has 1 amide bonds. The van der Waals surface area contributed by atoms with E-state index in [9.17, 15) is 9.59 Å². The SMILES string of the molecule is Cc1ccc(-c2nsc3c(=O)n(CC(=O)Nc4cccc(C)c4C)cnc23)cc1. The molecule has 0 bridgehead atoms. The number of aromatic nitrogens is 3. The number of fused-ring (bicyclic) bond motifs is 1. The summed E-state index contributed by atoms with van der Waals surface area (Å²) in [5.41, 5.74) is 5.91. The molecule has 1 N–H and O–H groups in total. The molecule has 0 saturated carbocycles. The van der Waals surface area contributed by atoms with Crippen molar-refractivity contribution in [3.8, 4) is 11.3 Å². The Morgan fingerprint density at radius 3 is 2.62 bits per heavy atom. The van der Waals surface area contributed by atoms with Crippen LogP contribution in [-0.2, 0) is 11.3 Å². The maximum Gasteiger partial charge on any atom is 0.273 e. The van der Waals surface area contributed by atoms with Gasteiger partial charge in [-0.25, -0.2) is 4.98 Å². The first-order valence-electron chi connectivity index (χ1n) is 9.22. The third-order valence-electron chi connectivity index (χ3n) is 4.97. The Balaban J connectivity index is 1.61. The summed E-state index contributed by atoms with van der Waals surface area (Å²) in [4.78, 5) is 29.8. The van der Waals surface area contributed by atoms with Crippen LogP contribution in [0, 0.1) is 20.8 Å². The zero-order valence-corrected chi connectivity index (χ0v) is 17.2. The van der Waals surface area contributed by atoms with E-state index in [-0.39, 0.29) is 18.0 Å². The van der Waals surface area contributed by atoms with Crippen molar-refractivity contribution in [2.75, 3.05) is 5.32 Å². The summed E-state index contributed by atoms with van der Waals surface area (Å²) in [6.07, 6.45) is 1.42. The zero-order chi connectivity index (χ0) is 20.5. The molecule has 0 saturated heterocycles. The second-order valence-electron chi connectivity index (χ2n) is 7.05. The highest BCUT2D eigenvalue weighted by Gasteiger charge is 2.16. The van der Waals surface area contributed by atoms with Crippen LogP contribution in [0.3, 0.4) is 0 Å². The summed E-state index contributed by atoms with van der Waals surface area (Å²) in [5, 5.41) is 2.87. The zero-order valence-electron chi connectivity index (χ0n) is 16.4. The van der Waals surface area contributed by atoms with Gasteiger partial charge < -0.3 is 5.32 Å². The maximum absolute atomic E-state index is 12.8. The molecule has 2 aromatic carbocycles. The normalized spacial score (nSPS) is 11.0. The van der Waals surface area contributed by atoms with Gasteiger partial charge in [-0.1, -0.05) is 42.0 Å². The molecular weight excluding hydrogens is 384 g/mol. The van der Waals surface area contributed by atoms with Crippen molar-refractivity contribution < 1.29 is 4.79 Å². The number of benzene rings is 2. The van der Waals surface area contributed by atoms with Crippen LogP contribution in [0.4, 0.5) is 5.69 Å². The lowest BCUT2D eigenvalue weighted by atomic mass is 10.1. The van der Waals surface area contributed by atoms with Crippen molar-refractivity contribution in [2.45, 2.75) is 27.3 Å². The van der Waals surface area contributed by atoms with E-state index < -0.39 is 0 Å². The van der Waals surface area contributed by atoms with E-state index in [2.05, 4.69) is 14.7 Å². The van der Waals surface area contributed by atoms with E-state index in [4.69, 9.17) is 0 Å². The minimum Gasteiger partial charge on any atom is -0.324 e. The number of anilines is 1. The fourth-order valence-electron chi connectivity index (χ4n) is 3.10. The average Bonchev–Trinajstić information content (AvgIpc) is 3.13. The monoisotopic (exact) mass is 404 g/mol. The Labute approximate surface area is 172 Å². The fraction of sp³-hybridized carbons (Fsp3) is 0.182. The smallest absolute Gasteiger partial charge is 0.273 e. The number of nitrogens with zero attached hydrogens (tertiary/aromatic N) is 3. The largest absolute Gasteiger partial charge is 0.324 e. The van der Waals surface area contributed by atoms with Gasteiger partial charge in [-0.15, -0.1) is 0 Å². The van der Waals surface area contributed by atoms with Crippen molar-refractivity contribution in [2.24, 2.45) is 0 Å². The molecule has 0 unspecified atom stereocenters. The highest BCUT2D eigenvalue weighted by molar-refractivity contribution is 7.13. The Hall–Kier alpha value is -3.32. The highest BCUT2D eigenvalue weighted by Crippen LogP contribution is 2.27. The van der Waals surface area contributed by atoms with E-state index in [1.54, 1.807) is 0 Å². The second kappa shape index (κ2) is 7.60. The standard InChI is InChI=1S/C22H20N4O2S/c1-13-7-9-16(10-8-13)19-20-21(29-25-19)22(28)26(12-23-20)11-18(27)24-17-6-4-5-14(2)15(17)3/h4-10,12H,11H2,1-3H3,(H,24,27). The molecule has 0 radical (unpaired) electrons. The van der Waals surface area contributed by atoms with Gasteiger partial charge in [0.05, 0.1) is 6.33 Å². The van der Waals surface area contributed by atoms with Crippen LogP contribution in [0.25, 0.3) is 21.5 Å². The molecule has 146 valence electrons. The lowest BCUT2D eigenvalue weighted by Gasteiger charge is -2.11. The second-order valence-corrected chi connectivity index (χ2v) is 7.82. The minimum absolute atomic E-state index is 0.104. The first kappa shape index (κ1) is 19.0. The Morgan fingerprint density at radius 1 is 1.10 bits per heavy atom. The number of hydrogen-bond acceptors (Lipinski definition) is 5. The fourth-order valence-corrected chi connectivity index (χ4v) is 3.91. The van der Waals surface area contributed by atoms with Crippen LogP contribution >= 0.6 is 11.5 Å². The van der Waals surface area contributed by atoms with E-state index >= 15 is 0 Å². The van der Waals surface area contributed by atoms with Gasteiger partial charge in [0.25, 0.3) is 5.56 Å². The van der Waals surface area contributed by atoms with Crippen LogP contribution in [0.1, 0.15) is 16.7 Å². The molecule has 4 rings (SSSR count). The average molecular weight is 404 g/mol. The molecule has 4 aromatic rings. The van der Waals surface area contributed by atoms with Crippen LogP contribution in [-0.4, -0.2) is 19.8 Å². The van der Waals surface area contributed by atoms with Gasteiger partial charge in [0.2, 0.25) is 5.91 Å². The lowest BCUT2D eigenvalue weighted by Crippen LogP contribution is -2.27. The van der Waals surface area contributed by atoms with Crippen LogP contribution in [0.5, 0.6) is 0 Å². The first-order chi connectivity index (χ1) is 13.9. The predicted octanol–water partition coefficient (Wildman–Crippen LogP) is 4.08. The Morgan fingerprint density at radius 2 is 1.86 bits per heavy atom. The highest BCUT2D eigenvalue weighted by atomic mass is 32.1. The molecule has 2 heterocycles. The molecule has 0 fully saturated rings. The van der Waals surface area contributed by atoms with E-state index in [0.29, 0.717) is 15.9 Å². The molecule has 0 aliphatic carbocycles. The lowest BCUT2D eigenvalue weighted by molar-refractivity contribution is -0.116. The van der Waals surface area contributed by atoms with Crippen molar-refractivity contribution >= 4 is 33.3 Å². The van der Waals surface area contributed by atoms with Gasteiger partial charge in [0, 0.05) is 11.3 Å². The minimum atomic E-state index is -0.273. The van der Waals surface area contributed by atoms with Gasteiger partial charge >= 0.3 is 0 Å². The van der Waals surface area contributed by atoms with Crippen LogP contribution < -0.4 is 10.9 Å². The van der Waals surface area contributed by atoms with Crippen molar-refractivity contribution in [1.82, 2.24) is 13.9 Å². The summed E-state index contributed by atoms with van der Waals surface area (Å²) in [6, 6.07) is 13.7. The van der Waals surface area contributed by atoms with Gasteiger partial charge in [-0.05, 0) is 49.5 Å². The first-order valence-corrected chi connectivity index (χ1v) is 9.99. The number of amides is 1. The molecule has 0 aliphatic rings. The summed E-state index contributed by atoms with van der Waals surface area (Å²) < 4.78 is 6.20. The van der Waals surface area contributed by atoms with E-state index in [1.165, 1.54) is 10.9 Å². The van der Waals surface area contributed by atoms with Crippen molar-refractivity contribution in [3.63, 3.8) is 0 Å². The van der Waals surface area contributed by atoms with Crippen LogP contribution in [0.15, 0.2) is 53.6 Å². The summed E-state index contributed by atoms with van der Waals surface area (Å²) in [5.74, 6) is -0.273. The number of carbonyl (C=O) groups excluding carboxylic acids is 1. The maximum atomic E-state index is 12.8. The van der Waals surface area contributed by atoms with Crippen molar-refractivity contribution in [1.29, 1.82) is 0 Å². The molecule has 0 atom stereocenters. The molecule has 2 aromatic heterocycles. The number of nitrogens with one attached hydrogen (secondary N) is 1. The molecule has 0 aliphatic heterocycles. The van der Waals surface area contributed by atoms with Gasteiger partial charge in [-0.2, -0.15) is 4.37 Å². The summed E-state index contributed by atoms with van der Waals surface area (Å²) >= 11 is 1.11.